The lowest BCUT2D eigenvalue weighted by Gasteiger charge is -2.43. The van der Waals surface area contributed by atoms with Gasteiger partial charge in [-0.3, -0.25) is 9.62 Å². The molecule has 5 aromatic carbocycles. The molecule has 242 valence electrons. The van der Waals surface area contributed by atoms with Crippen molar-refractivity contribution in [1.82, 2.24) is 4.90 Å². The first-order valence-corrected chi connectivity index (χ1v) is 17.3. The van der Waals surface area contributed by atoms with Crippen molar-refractivity contribution in [2.75, 3.05) is 11.3 Å². The van der Waals surface area contributed by atoms with Crippen molar-refractivity contribution >= 4 is 15.7 Å². The molecule has 1 aliphatic heterocycles. The number of nitrogens with zero attached hydrogens (tertiary/aromatic N) is 1. The Morgan fingerprint density at radius 2 is 1.19 bits per heavy atom. The highest BCUT2D eigenvalue weighted by Crippen LogP contribution is 2.42. The zero-order valence-electron chi connectivity index (χ0n) is 26.4. The second-order valence-corrected chi connectivity index (χ2v) is 13.7. The number of aliphatic hydroxyl groups excluding tert-OH is 1. The summed E-state index contributed by atoms with van der Waals surface area (Å²) in [5.74, 6) is 0.0113. The van der Waals surface area contributed by atoms with E-state index in [4.69, 9.17) is 9.47 Å². The zero-order valence-corrected chi connectivity index (χ0v) is 27.2. The monoisotopic (exact) mass is 648 g/mol. The molecule has 0 radical (unpaired) electrons. The molecule has 0 bridgehead atoms. The summed E-state index contributed by atoms with van der Waals surface area (Å²) in [7, 11) is -3.72. The molecular weight excluding hydrogens is 609 g/mol. The maximum absolute atomic E-state index is 12.9. The van der Waals surface area contributed by atoms with Crippen LogP contribution in [0.15, 0.2) is 144 Å². The molecule has 0 amide bonds. The molecule has 0 saturated carbocycles. The minimum Gasteiger partial charge on any atom is -0.392 e. The van der Waals surface area contributed by atoms with Gasteiger partial charge in [0.1, 0.15) is 0 Å². The molecule has 6 rings (SSSR count). The first-order chi connectivity index (χ1) is 22.9. The fourth-order valence-electron chi connectivity index (χ4n) is 5.97. The van der Waals surface area contributed by atoms with Crippen molar-refractivity contribution < 1.29 is 23.0 Å². The van der Waals surface area contributed by atoms with E-state index in [2.05, 4.69) is 65.1 Å². The Hall–Kier alpha value is -4.31. The third kappa shape index (κ3) is 8.35. The Morgan fingerprint density at radius 1 is 0.660 bits per heavy atom. The highest BCUT2D eigenvalue weighted by Gasteiger charge is 2.39. The second kappa shape index (κ2) is 15.1. The van der Waals surface area contributed by atoms with E-state index in [1.165, 1.54) is 11.1 Å². The van der Waals surface area contributed by atoms with Gasteiger partial charge in [-0.25, -0.2) is 8.42 Å². The summed E-state index contributed by atoms with van der Waals surface area (Å²) in [5.41, 5.74) is 5.55. The largest absolute Gasteiger partial charge is 0.392 e. The second-order valence-electron chi connectivity index (χ2n) is 12.0. The third-order valence-electron chi connectivity index (χ3n) is 8.55. The fourth-order valence-corrected chi connectivity index (χ4v) is 7.05. The SMILES string of the molecule is CC1C(CN(Cc2ccccc2)Cc2ccccc2)OC(c2ccc(NS(=O)(=O)c3ccccc3)cc2)OC1c1ccc(CO)cc1. The van der Waals surface area contributed by atoms with Crippen molar-refractivity contribution in [3.63, 3.8) is 0 Å². The minimum absolute atomic E-state index is 0.0113. The van der Waals surface area contributed by atoms with Gasteiger partial charge in [0, 0.05) is 36.8 Å². The van der Waals surface area contributed by atoms with Crippen LogP contribution in [0.1, 0.15) is 47.1 Å². The Kier molecular flexibility index (Phi) is 10.5. The van der Waals surface area contributed by atoms with Crippen LogP contribution in [-0.4, -0.2) is 31.1 Å². The third-order valence-corrected chi connectivity index (χ3v) is 9.95. The van der Waals surface area contributed by atoms with Gasteiger partial charge in [0.2, 0.25) is 0 Å². The maximum atomic E-state index is 12.9. The van der Waals surface area contributed by atoms with Gasteiger partial charge in [0.25, 0.3) is 10.0 Å². The molecule has 7 nitrogen and oxygen atoms in total. The van der Waals surface area contributed by atoms with Crippen LogP contribution >= 0.6 is 0 Å². The van der Waals surface area contributed by atoms with Crippen molar-refractivity contribution in [3.05, 3.63) is 167 Å². The molecular formula is C39H40N2O5S. The van der Waals surface area contributed by atoms with E-state index in [9.17, 15) is 13.5 Å². The molecule has 4 unspecified atom stereocenters. The predicted molar refractivity (Wildman–Crippen MR) is 184 cm³/mol. The first kappa shape index (κ1) is 32.6. The number of aliphatic hydroxyl groups is 1. The van der Waals surface area contributed by atoms with Crippen LogP contribution in [0.2, 0.25) is 0 Å². The number of sulfonamides is 1. The molecule has 0 spiro atoms. The summed E-state index contributed by atoms with van der Waals surface area (Å²) < 4.78 is 41.9. The molecule has 1 saturated heterocycles. The van der Waals surface area contributed by atoms with Crippen LogP contribution in [0.5, 0.6) is 0 Å². The van der Waals surface area contributed by atoms with E-state index < -0.39 is 16.3 Å². The van der Waals surface area contributed by atoms with Crippen molar-refractivity contribution in [1.29, 1.82) is 0 Å². The van der Waals surface area contributed by atoms with E-state index in [0.717, 1.165) is 29.8 Å². The topological polar surface area (TPSA) is 88.1 Å². The van der Waals surface area contributed by atoms with E-state index in [-0.39, 0.29) is 29.6 Å². The molecule has 5 aromatic rings. The summed E-state index contributed by atoms with van der Waals surface area (Å²) in [6.45, 7) is 4.34. The van der Waals surface area contributed by atoms with Crippen molar-refractivity contribution in [2.45, 2.75) is 50.0 Å². The lowest BCUT2D eigenvalue weighted by Crippen LogP contribution is -2.44. The Morgan fingerprint density at radius 3 is 1.74 bits per heavy atom. The Labute approximate surface area is 277 Å². The van der Waals surface area contributed by atoms with E-state index in [1.54, 1.807) is 42.5 Å². The summed E-state index contributed by atoms with van der Waals surface area (Å²) in [4.78, 5) is 2.62. The molecule has 1 fully saturated rings. The Bertz CT molecular complexity index is 1760. The molecule has 2 N–H and O–H groups in total. The lowest BCUT2D eigenvalue weighted by atomic mass is 9.89. The molecule has 47 heavy (non-hydrogen) atoms. The number of ether oxygens (including phenoxy) is 2. The standard InChI is InChI=1S/C39H40N2O5S/c1-29-37(27-41(25-30-11-5-2-6-12-30)26-31-13-7-3-8-14-31)45-39(46-38(29)33-19-17-32(28-42)18-20-33)34-21-23-35(24-22-34)40-47(43,44)36-15-9-4-10-16-36/h2-24,29,37-40,42H,25-28H2,1H3. The van der Waals surface area contributed by atoms with E-state index >= 15 is 0 Å². The van der Waals surface area contributed by atoms with Crippen LogP contribution in [0.25, 0.3) is 0 Å². The number of nitrogens with one attached hydrogen (secondary N) is 1. The van der Waals surface area contributed by atoms with Gasteiger partial charge in [-0.2, -0.15) is 0 Å². The predicted octanol–water partition coefficient (Wildman–Crippen LogP) is 7.47. The van der Waals surface area contributed by atoms with E-state index in [0.29, 0.717) is 12.2 Å². The van der Waals surface area contributed by atoms with Gasteiger partial charge >= 0.3 is 0 Å². The van der Waals surface area contributed by atoms with Crippen LogP contribution in [0.3, 0.4) is 0 Å². The number of hydrogen-bond donors (Lipinski definition) is 2. The van der Waals surface area contributed by atoms with Crippen molar-refractivity contribution in [3.8, 4) is 0 Å². The van der Waals surface area contributed by atoms with Crippen LogP contribution < -0.4 is 4.72 Å². The number of hydrogen-bond acceptors (Lipinski definition) is 6. The van der Waals surface area contributed by atoms with Gasteiger partial charge < -0.3 is 14.6 Å². The molecule has 0 aliphatic carbocycles. The van der Waals surface area contributed by atoms with Crippen LogP contribution in [0, 0.1) is 5.92 Å². The first-order valence-electron chi connectivity index (χ1n) is 15.9. The number of rotatable bonds is 12. The lowest BCUT2D eigenvalue weighted by molar-refractivity contribution is -0.276. The average molecular weight is 649 g/mol. The summed E-state index contributed by atoms with van der Waals surface area (Å²) in [6, 6.07) is 44.2. The number of benzene rings is 5. The van der Waals surface area contributed by atoms with Crippen LogP contribution in [-0.2, 0) is 39.2 Å². The Balaban J connectivity index is 1.27. The van der Waals surface area contributed by atoms with E-state index in [1.807, 2.05) is 48.5 Å². The summed E-state index contributed by atoms with van der Waals surface area (Å²) in [5, 5.41) is 9.62. The van der Waals surface area contributed by atoms with Gasteiger partial charge in [0.05, 0.1) is 23.7 Å². The van der Waals surface area contributed by atoms with Gasteiger partial charge in [0.15, 0.2) is 6.29 Å². The van der Waals surface area contributed by atoms with Gasteiger partial charge in [-0.05, 0) is 46.5 Å². The quantitative estimate of drug-likeness (QED) is 0.146. The van der Waals surface area contributed by atoms with Gasteiger partial charge in [-0.15, -0.1) is 0 Å². The fraction of sp³-hybridized carbons (Fsp3) is 0.231. The average Bonchev–Trinajstić information content (AvgIpc) is 3.11. The molecule has 4 atom stereocenters. The molecule has 8 heteroatoms. The minimum atomic E-state index is -3.72. The highest BCUT2D eigenvalue weighted by molar-refractivity contribution is 7.92. The molecule has 1 aliphatic rings. The van der Waals surface area contributed by atoms with Crippen LogP contribution in [0.4, 0.5) is 5.69 Å². The summed E-state index contributed by atoms with van der Waals surface area (Å²) in [6.07, 6.45) is -1.12. The number of anilines is 1. The smallest absolute Gasteiger partial charge is 0.261 e. The molecule has 0 aromatic heterocycles. The maximum Gasteiger partial charge on any atom is 0.261 e. The highest BCUT2D eigenvalue weighted by atomic mass is 32.2. The van der Waals surface area contributed by atoms with Gasteiger partial charge in [-0.1, -0.05) is 122 Å². The normalized spacial score (nSPS) is 19.8. The molecule has 1 heterocycles. The summed E-state index contributed by atoms with van der Waals surface area (Å²) >= 11 is 0. The van der Waals surface area contributed by atoms with Crippen molar-refractivity contribution in [2.24, 2.45) is 5.92 Å². The zero-order chi connectivity index (χ0) is 32.6.